The smallest absolute Gasteiger partial charge is 0.0517 e. The van der Waals surface area contributed by atoms with E-state index in [4.69, 9.17) is 0 Å². The molecule has 1 aromatic heterocycles. The lowest BCUT2D eigenvalue weighted by atomic mass is 9.61. The molecule has 318 valence electrons. The van der Waals surface area contributed by atoms with Crippen molar-refractivity contribution in [1.82, 2.24) is 4.98 Å². The quantitative estimate of drug-likeness (QED) is 0.160. The van der Waals surface area contributed by atoms with Gasteiger partial charge in [0, 0.05) is 29.2 Å². The lowest BCUT2D eigenvalue weighted by Gasteiger charge is -2.50. The Morgan fingerprint density at radius 2 is 0.836 bits per heavy atom. The first kappa shape index (κ1) is 38.5. The van der Waals surface area contributed by atoms with Crippen LogP contribution in [-0.4, -0.2) is 10.5 Å². The van der Waals surface area contributed by atoms with Gasteiger partial charge in [0.25, 0.3) is 0 Å². The maximum atomic E-state index is 4.43. The first-order valence-corrected chi connectivity index (χ1v) is 24.1. The van der Waals surface area contributed by atoms with Crippen LogP contribution in [0.4, 0.5) is 11.4 Å². The second-order valence-corrected chi connectivity index (χ2v) is 19.7. The lowest BCUT2D eigenvalue weighted by Crippen LogP contribution is -2.54. The Kier molecular flexibility index (Phi) is 8.23. The van der Waals surface area contributed by atoms with Gasteiger partial charge in [-0.3, -0.25) is 4.98 Å². The average molecular weight is 857 g/mol. The Morgan fingerprint density at radius 1 is 0.388 bits per heavy atom. The molecule has 2 unspecified atom stereocenters. The fourth-order valence-electron chi connectivity index (χ4n) is 13.1. The van der Waals surface area contributed by atoms with Crippen molar-refractivity contribution in [3.63, 3.8) is 0 Å². The number of pyridine rings is 1. The van der Waals surface area contributed by atoms with Crippen molar-refractivity contribution in [2.75, 3.05) is 4.90 Å². The van der Waals surface area contributed by atoms with Crippen molar-refractivity contribution >= 4 is 76.0 Å². The lowest BCUT2D eigenvalue weighted by molar-refractivity contribution is 0.195. The van der Waals surface area contributed by atoms with Crippen molar-refractivity contribution in [3.05, 3.63) is 212 Å². The number of rotatable bonds is 5. The van der Waals surface area contributed by atoms with Gasteiger partial charge in [-0.15, -0.1) is 0 Å². The van der Waals surface area contributed by atoms with Crippen LogP contribution in [0.15, 0.2) is 207 Å². The molecule has 11 aromatic carbocycles. The summed E-state index contributed by atoms with van der Waals surface area (Å²) >= 11 is 0. The van der Waals surface area contributed by atoms with Crippen LogP contribution < -0.4 is 4.90 Å². The highest BCUT2D eigenvalue weighted by atomic mass is 15.3. The predicted octanol–water partition coefficient (Wildman–Crippen LogP) is 17.8. The minimum atomic E-state index is -0.0552. The SMILES string of the molecule is CC12CCCCC1(C)N(c1ccncc1)c1ccc(-c3cc(-c4cccc5ccccc45)c4ccc5c(-c6cccc7ccccc67)cc(-c6cccc7ccccc67)c6ccc3c4c65)cc12. The molecule has 0 amide bonds. The van der Waals surface area contributed by atoms with Crippen LogP contribution in [0.1, 0.15) is 45.1 Å². The number of benzene rings is 11. The molecular formula is C65H48N2. The molecular weight excluding hydrogens is 809 g/mol. The molecule has 1 aliphatic heterocycles. The van der Waals surface area contributed by atoms with E-state index in [1.807, 2.05) is 12.4 Å². The van der Waals surface area contributed by atoms with E-state index in [-0.39, 0.29) is 11.0 Å². The Hall–Kier alpha value is -7.81. The number of anilines is 2. The summed E-state index contributed by atoms with van der Waals surface area (Å²) in [4.78, 5) is 7.09. The number of nitrogens with zero attached hydrogens (tertiary/aromatic N) is 2. The maximum Gasteiger partial charge on any atom is 0.0517 e. The highest BCUT2D eigenvalue weighted by Gasteiger charge is 2.57. The second-order valence-electron chi connectivity index (χ2n) is 19.7. The summed E-state index contributed by atoms with van der Waals surface area (Å²) in [6.07, 6.45) is 8.68. The molecule has 14 rings (SSSR count). The first-order valence-electron chi connectivity index (χ1n) is 24.1. The van der Waals surface area contributed by atoms with E-state index in [9.17, 15) is 0 Å². The Bertz CT molecular complexity index is 3860. The van der Waals surface area contributed by atoms with E-state index in [2.05, 4.69) is 218 Å². The fraction of sp³-hybridized carbons (Fsp3) is 0.123. The zero-order chi connectivity index (χ0) is 44.4. The number of fused-ring (bicyclic) bond motifs is 6. The summed E-state index contributed by atoms with van der Waals surface area (Å²) in [5, 5.41) is 15.3. The Morgan fingerprint density at radius 3 is 1.36 bits per heavy atom. The van der Waals surface area contributed by atoms with Gasteiger partial charge < -0.3 is 4.90 Å². The van der Waals surface area contributed by atoms with Crippen LogP contribution in [-0.2, 0) is 5.41 Å². The van der Waals surface area contributed by atoms with Crippen LogP contribution in [0.25, 0.3) is 109 Å². The van der Waals surface area contributed by atoms with Gasteiger partial charge in [-0.05, 0) is 171 Å². The second kappa shape index (κ2) is 14.3. The van der Waals surface area contributed by atoms with Gasteiger partial charge in [-0.1, -0.05) is 177 Å². The van der Waals surface area contributed by atoms with Gasteiger partial charge in [0.1, 0.15) is 0 Å². The molecule has 2 atom stereocenters. The molecule has 0 spiro atoms. The van der Waals surface area contributed by atoms with E-state index >= 15 is 0 Å². The topological polar surface area (TPSA) is 16.1 Å². The summed E-state index contributed by atoms with van der Waals surface area (Å²) < 4.78 is 0. The minimum absolute atomic E-state index is 0.0250. The molecule has 2 nitrogen and oxygen atoms in total. The van der Waals surface area contributed by atoms with Crippen LogP contribution in [0.2, 0.25) is 0 Å². The Balaban J connectivity index is 1.13. The third-order valence-electron chi connectivity index (χ3n) is 16.5. The summed E-state index contributed by atoms with van der Waals surface area (Å²) in [6.45, 7) is 5.06. The van der Waals surface area contributed by atoms with Crippen molar-refractivity contribution in [2.24, 2.45) is 0 Å². The van der Waals surface area contributed by atoms with Crippen LogP contribution >= 0.6 is 0 Å². The zero-order valence-corrected chi connectivity index (χ0v) is 37.9. The summed E-state index contributed by atoms with van der Waals surface area (Å²) in [5.74, 6) is 0. The fourth-order valence-corrected chi connectivity index (χ4v) is 13.1. The van der Waals surface area contributed by atoms with Crippen molar-refractivity contribution in [3.8, 4) is 44.5 Å². The molecule has 0 N–H and O–H groups in total. The number of hydrogen-bond acceptors (Lipinski definition) is 2. The first-order chi connectivity index (χ1) is 33.0. The van der Waals surface area contributed by atoms with Gasteiger partial charge >= 0.3 is 0 Å². The van der Waals surface area contributed by atoms with Crippen molar-refractivity contribution < 1.29 is 0 Å². The van der Waals surface area contributed by atoms with Crippen LogP contribution in [0.3, 0.4) is 0 Å². The van der Waals surface area contributed by atoms with Gasteiger partial charge in [-0.2, -0.15) is 0 Å². The molecule has 2 heterocycles. The molecule has 2 aliphatic rings. The van der Waals surface area contributed by atoms with E-state index in [0.717, 1.165) is 12.8 Å². The largest absolute Gasteiger partial charge is 0.334 e. The normalized spacial score (nSPS) is 18.1. The van der Waals surface area contributed by atoms with E-state index in [1.54, 1.807) is 0 Å². The van der Waals surface area contributed by atoms with Crippen LogP contribution in [0, 0.1) is 0 Å². The number of aromatic nitrogens is 1. The summed E-state index contributed by atoms with van der Waals surface area (Å²) in [7, 11) is 0. The van der Waals surface area contributed by atoms with Gasteiger partial charge in [0.05, 0.1) is 5.54 Å². The molecule has 2 heteroatoms. The van der Waals surface area contributed by atoms with E-state index < -0.39 is 0 Å². The molecule has 0 saturated heterocycles. The minimum Gasteiger partial charge on any atom is -0.334 e. The highest BCUT2D eigenvalue weighted by Crippen LogP contribution is 2.61. The third kappa shape index (κ3) is 5.42. The monoisotopic (exact) mass is 856 g/mol. The van der Waals surface area contributed by atoms with Crippen molar-refractivity contribution in [1.29, 1.82) is 0 Å². The average Bonchev–Trinajstić information content (AvgIpc) is 3.59. The predicted molar refractivity (Wildman–Crippen MR) is 285 cm³/mol. The summed E-state index contributed by atoms with van der Waals surface area (Å²) in [5.41, 5.74) is 14.0. The molecule has 1 saturated carbocycles. The highest BCUT2D eigenvalue weighted by molar-refractivity contribution is 6.33. The molecule has 1 aliphatic carbocycles. The Labute approximate surface area is 391 Å². The molecule has 0 radical (unpaired) electrons. The van der Waals surface area contributed by atoms with Crippen LogP contribution in [0.5, 0.6) is 0 Å². The molecule has 0 bridgehead atoms. The molecule has 1 fully saturated rings. The molecule has 12 aromatic rings. The zero-order valence-electron chi connectivity index (χ0n) is 37.9. The maximum absolute atomic E-state index is 4.43. The van der Waals surface area contributed by atoms with Gasteiger partial charge in [0.15, 0.2) is 0 Å². The van der Waals surface area contributed by atoms with Crippen molar-refractivity contribution in [2.45, 2.75) is 50.5 Å². The van der Waals surface area contributed by atoms with Gasteiger partial charge in [0.2, 0.25) is 0 Å². The third-order valence-corrected chi connectivity index (χ3v) is 16.5. The van der Waals surface area contributed by atoms with Gasteiger partial charge in [-0.25, -0.2) is 0 Å². The number of hydrogen-bond donors (Lipinski definition) is 0. The summed E-state index contributed by atoms with van der Waals surface area (Å²) in [6, 6.07) is 73.6. The van der Waals surface area contributed by atoms with E-state index in [1.165, 1.54) is 139 Å². The molecule has 67 heavy (non-hydrogen) atoms. The standard InChI is InChI=1S/C65H48N2/c1-64-34-9-10-35-65(64,2)67(45-32-36-66-37-33-45)61-31-26-44(38-60(61)64)56-39-57(49-23-11-17-41-14-3-6-20-46(41)49)53-29-30-55-59(51-25-13-19-43-16-5-8-22-48(43)51)40-58(54-28-27-52(56)62(53)63(54)55)50-24-12-18-42-15-4-7-21-47(42)50/h3-8,11-33,36-40H,9-10,34-35H2,1-2H3. The van der Waals surface area contributed by atoms with E-state index in [0.29, 0.717) is 0 Å².